The number of benzene rings is 2. The first-order valence-electron chi connectivity index (χ1n) is 6.67. The van der Waals surface area contributed by atoms with Gasteiger partial charge in [-0.1, -0.05) is 36.4 Å². The van der Waals surface area contributed by atoms with Gasteiger partial charge in [-0.2, -0.15) is 0 Å². The van der Waals surface area contributed by atoms with Crippen LogP contribution in [0.3, 0.4) is 0 Å². The van der Waals surface area contributed by atoms with Crippen LogP contribution in [0.1, 0.15) is 17.2 Å². The molecular formula is C16H19NO4. The molecule has 2 unspecified atom stereocenters. The van der Waals surface area contributed by atoms with Crippen LogP contribution in [0.25, 0.3) is 0 Å². The molecule has 0 aliphatic carbocycles. The van der Waals surface area contributed by atoms with Crippen LogP contribution < -0.4 is 10.5 Å². The lowest BCUT2D eigenvalue weighted by molar-refractivity contribution is 0.0241. The summed E-state index contributed by atoms with van der Waals surface area (Å²) in [5.41, 5.74) is 6.72. The number of ether oxygens (including phenoxy) is 1. The topological polar surface area (TPSA) is 95.9 Å². The predicted octanol–water partition coefficient (Wildman–Crippen LogP) is 1.32. The molecule has 2 atom stereocenters. The third-order valence-electron chi connectivity index (χ3n) is 3.17. The molecule has 0 aromatic heterocycles. The fourth-order valence-corrected chi connectivity index (χ4v) is 1.92. The summed E-state index contributed by atoms with van der Waals surface area (Å²) >= 11 is 0. The molecule has 2 aromatic carbocycles. The minimum Gasteiger partial charge on any atom is -0.504 e. The van der Waals surface area contributed by atoms with Gasteiger partial charge in [0.2, 0.25) is 0 Å². The molecular weight excluding hydrogens is 270 g/mol. The Hall–Kier alpha value is -2.08. The smallest absolute Gasteiger partial charge is 0.161 e. The van der Waals surface area contributed by atoms with Crippen molar-refractivity contribution in [2.45, 2.75) is 18.8 Å². The number of phenols is 1. The lowest BCUT2D eigenvalue weighted by Crippen LogP contribution is -2.27. The van der Waals surface area contributed by atoms with Crippen LogP contribution in [0.15, 0.2) is 48.5 Å². The minimum atomic E-state index is -1.12. The summed E-state index contributed by atoms with van der Waals surface area (Å²) in [4.78, 5) is 0. The Bertz CT molecular complexity index is 574. The summed E-state index contributed by atoms with van der Waals surface area (Å²) < 4.78 is 5.55. The van der Waals surface area contributed by atoms with Gasteiger partial charge in [0.15, 0.2) is 11.5 Å². The van der Waals surface area contributed by atoms with Crippen LogP contribution in [0.4, 0.5) is 0 Å². The number of nitrogens with two attached hydrogens (primary N) is 1. The van der Waals surface area contributed by atoms with Gasteiger partial charge in [0.25, 0.3) is 0 Å². The fraction of sp³-hybridized carbons (Fsp3) is 0.250. The summed E-state index contributed by atoms with van der Waals surface area (Å²) in [6.07, 6.45) is -2.17. The second kappa shape index (κ2) is 7.08. The van der Waals surface area contributed by atoms with E-state index < -0.39 is 12.2 Å². The summed E-state index contributed by atoms with van der Waals surface area (Å²) in [6, 6.07) is 14.0. The van der Waals surface area contributed by atoms with Gasteiger partial charge >= 0.3 is 0 Å². The molecule has 0 aliphatic rings. The van der Waals surface area contributed by atoms with Crippen LogP contribution in [0.5, 0.6) is 11.5 Å². The van der Waals surface area contributed by atoms with Gasteiger partial charge in [0.1, 0.15) is 12.7 Å². The third kappa shape index (κ3) is 3.95. The first-order valence-corrected chi connectivity index (χ1v) is 6.67. The molecule has 21 heavy (non-hydrogen) atoms. The maximum Gasteiger partial charge on any atom is 0.161 e. The average Bonchev–Trinajstić information content (AvgIpc) is 2.53. The lowest BCUT2D eigenvalue weighted by Gasteiger charge is -2.17. The van der Waals surface area contributed by atoms with Gasteiger partial charge < -0.3 is 25.8 Å². The molecule has 2 aromatic rings. The van der Waals surface area contributed by atoms with Crippen LogP contribution in [-0.2, 0) is 6.61 Å². The maximum atomic E-state index is 9.92. The van der Waals surface area contributed by atoms with Gasteiger partial charge in [-0.15, -0.1) is 0 Å². The number of phenolic OH excluding ortho intramolecular Hbond substituents is 1. The van der Waals surface area contributed by atoms with Crippen molar-refractivity contribution in [3.8, 4) is 11.5 Å². The minimum absolute atomic E-state index is 0.0240. The Labute approximate surface area is 123 Å². The van der Waals surface area contributed by atoms with Crippen LogP contribution in [-0.4, -0.2) is 28.0 Å². The summed E-state index contributed by atoms with van der Waals surface area (Å²) in [6.45, 7) is 0.246. The fourth-order valence-electron chi connectivity index (χ4n) is 1.92. The average molecular weight is 289 g/mol. The number of rotatable bonds is 6. The van der Waals surface area contributed by atoms with E-state index in [0.717, 1.165) is 5.56 Å². The molecule has 2 rings (SSSR count). The molecule has 0 radical (unpaired) electrons. The van der Waals surface area contributed by atoms with E-state index in [1.54, 1.807) is 0 Å². The van der Waals surface area contributed by atoms with E-state index in [-0.39, 0.29) is 18.0 Å². The van der Waals surface area contributed by atoms with Crippen molar-refractivity contribution in [1.29, 1.82) is 0 Å². The summed E-state index contributed by atoms with van der Waals surface area (Å²) in [7, 11) is 0. The molecule has 5 heteroatoms. The number of hydrogen-bond acceptors (Lipinski definition) is 5. The van der Waals surface area contributed by atoms with Crippen molar-refractivity contribution in [3.05, 3.63) is 59.7 Å². The summed E-state index contributed by atoms with van der Waals surface area (Å²) in [5, 5.41) is 29.3. The number of hydrogen-bond donors (Lipinski definition) is 4. The van der Waals surface area contributed by atoms with Gasteiger partial charge in [0.05, 0.1) is 6.10 Å². The lowest BCUT2D eigenvalue weighted by atomic mass is 10.0. The zero-order chi connectivity index (χ0) is 15.2. The Morgan fingerprint density at radius 1 is 1.05 bits per heavy atom. The van der Waals surface area contributed by atoms with Gasteiger partial charge in [-0.3, -0.25) is 0 Å². The van der Waals surface area contributed by atoms with Gasteiger partial charge in [0, 0.05) is 6.54 Å². The van der Waals surface area contributed by atoms with Crippen LogP contribution in [0.2, 0.25) is 0 Å². The molecule has 0 spiro atoms. The van der Waals surface area contributed by atoms with Crippen molar-refractivity contribution in [2.24, 2.45) is 5.73 Å². The predicted molar refractivity (Wildman–Crippen MR) is 78.9 cm³/mol. The second-order valence-electron chi connectivity index (χ2n) is 4.75. The highest BCUT2D eigenvalue weighted by Crippen LogP contribution is 2.30. The maximum absolute atomic E-state index is 9.92. The molecule has 0 bridgehead atoms. The Morgan fingerprint density at radius 2 is 1.76 bits per heavy atom. The summed E-state index contributed by atoms with van der Waals surface area (Å²) in [5.74, 6) is 0.226. The Balaban J connectivity index is 2.12. The van der Waals surface area contributed by atoms with Crippen molar-refractivity contribution in [1.82, 2.24) is 0 Å². The molecule has 0 heterocycles. The zero-order valence-corrected chi connectivity index (χ0v) is 11.5. The molecule has 0 aliphatic heterocycles. The molecule has 0 fully saturated rings. The normalized spacial score (nSPS) is 13.7. The third-order valence-corrected chi connectivity index (χ3v) is 3.17. The quantitative estimate of drug-likeness (QED) is 0.643. The molecule has 5 nitrogen and oxygen atoms in total. The molecule has 0 saturated heterocycles. The molecule has 0 saturated carbocycles. The van der Waals surface area contributed by atoms with Gasteiger partial charge in [-0.05, 0) is 23.3 Å². The van der Waals surface area contributed by atoms with Crippen LogP contribution in [0, 0.1) is 0 Å². The zero-order valence-electron chi connectivity index (χ0n) is 11.5. The van der Waals surface area contributed by atoms with Crippen molar-refractivity contribution >= 4 is 0 Å². The highest BCUT2D eigenvalue weighted by molar-refractivity contribution is 5.42. The molecule has 0 amide bonds. The second-order valence-corrected chi connectivity index (χ2v) is 4.75. The van der Waals surface area contributed by atoms with Crippen molar-refractivity contribution in [3.63, 3.8) is 0 Å². The highest BCUT2D eigenvalue weighted by Gasteiger charge is 2.18. The monoisotopic (exact) mass is 289 g/mol. The Kier molecular flexibility index (Phi) is 5.16. The number of aliphatic hydroxyl groups excluding tert-OH is 2. The molecule has 112 valence electrons. The van der Waals surface area contributed by atoms with Crippen molar-refractivity contribution in [2.75, 3.05) is 6.54 Å². The van der Waals surface area contributed by atoms with E-state index >= 15 is 0 Å². The molecule has 5 N–H and O–H groups in total. The van der Waals surface area contributed by atoms with E-state index in [0.29, 0.717) is 12.2 Å². The van der Waals surface area contributed by atoms with Crippen LogP contribution >= 0.6 is 0 Å². The van der Waals surface area contributed by atoms with Gasteiger partial charge in [-0.25, -0.2) is 0 Å². The van der Waals surface area contributed by atoms with E-state index in [1.807, 2.05) is 30.3 Å². The van der Waals surface area contributed by atoms with E-state index in [4.69, 9.17) is 10.5 Å². The SMILES string of the molecule is NCC(O)C(O)c1ccc(O)c(OCc2ccccc2)c1. The van der Waals surface area contributed by atoms with E-state index in [2.05, 4.69) is 0 Å². The van der Waals surface area contributed by atoms with Crippen molar-refractivity contribution < 1.29 is 20.1 Å². The standard InChI is InChI=1S/C16H19NO4/c17-9-14(19)16(20)12-6-7-13(18)15(8-12)21-10-11-4-2-1-3-5-11/h1-8,14,16,18-20H,9-10,17H2. The number of aliphatic hydroxyl groups is 2. The largest absolute Gasteiger partial charge is 0.504 e. The first kappa shape index (κ1) is 15.3. The first-order chi connectivity index (χ1) is 10.1. The number of aromatic hydroxyl groups is 1. The van der Waals surface area contributed by atoms with E-state index in [9.17, 15) is 15.3 Å². The Morgan fingerprint density at radius 3 is 2.43 bits per heavy atom. The van der Waals surface area contributed by atoms with E-state index in [1.165, 1.54) is 18.2 Å². The highest BCUT2D eigenvalue weighted by atomic mass is 16.5.